The average Bonchev–Trinajstić information content (AvgIpc) is 3.31. The van der Waals surface area contributed by atoms with Crippen LogP contribution < -0.4 is 0 Å². The lowest BCUT2D eigenvalue weighted by Crippen LogP contribution is -2.39. The summed E-state index contributed by atoms with van der Waals surface area (Å²) < 4.78 is 5.52. The normalized spacial score (nSPS) is 17.6. The quantitative estimate of drug-likeness (QED) is 0.628. The highest BCUT2D eigenvalue weighted by Crippen LogP contribution is 2.41. The Labute approximate surface area is 174 Å². The summed E-state index contributed by atoms with van der Waals surface area (Å²) in [6.07, 6.45) is 6.59. The predicted octanol–water partition coefficient (Wildman–Crippen LogP) is 4.33. The van der Waals surface area contributed by atoms with Crippen molar-refractivity contribution in [2.45, 2.75) is 50.9 Å². The number of piperidine rings is 1. The number of hydrogen-bond donors (Lipinski definition) is 0. The SMILES string of the molecule is Cc1cc(-c2cnc(C3CC3)nc2C2CCN(C(=O)Cc3cccs3)CC2)on1. The number of carbonyl (C=O) groups excluding carboxylic acids is 1. The molecule has 29 heavy (non-hydrogen) atoms. The molecule has 0 unspecified atom stereocenters. The van der Waals surface area contributed by atoms with Crippen molar-refractivity contribution in [1.82, 2.24) is 20.0 Å². The van der Waals surface area contributed by atoms with Gasteiger partial charge < -0.3 is 9.42 Å². The lowest BCUT2D eigenvalue weighted by Gasteiger charge is -2.32. The number of aromatic nitrogens is 3. The van der Waals surface area contributed by atoms with E-state index in [1.165, 1.54) is 12.8 Å². The predicted molar refractivity (Wildman–Crippen MR) is 111 cm³/mol. The molecule has 4 heterocycles. The van der Waals surface area contributed by atoms with Gasteiger partial charge in [0.1, 0.15) is 5.82 Å². The van der Waals surface area contributed by atoms with Crippen molar-refractivity contribution in [2.24, 2.45) is 0 Å². The van der Waals surface area contributed by atoms with E-state index >= 15 is 0 Å². The van der Waals surface area contributed by atoms with E-state index in [0.29, 0.717) is 18.3 Å². The number of amides is 1. The molecule has 150 valence electrons. The van der Waals surface area contributed by atoms with Gasteiger partial charge in [-0.05, 0) is 44.1 Å². The molecule has 1 aliphatic carbocycles. The summed E-state index contributed by atoms with van der Waals surface area (Å²) in [6, 6.07) is 5.97. The third-order valence-corrected chi connectivity index (χ3v) is 6.69. The van der Waals surface area contributed by atoms with Crippen LogP contribution in [0, 0.1) is 6.92 Å². The Bertz CT molecular complexity index is 1000. The topological polar surface area (TPSA) is 72.1 Å². The maximum atomic E-state index is 12.6. The summed E-state index contributed by atoms with van der Waals surface area (Å²) >= 11 is 1.64. The van der Waals surface area contributed by atoms with E-state index in [0.717, 1.165) is 59.3 Å². The van der Waals surface area contributed by atoms with Gasteiger partial charge in [-0.25, -0.2) is 9.97 Å². The molecule has 1 aliphatic heterocycles. The van der Waals surface area contributed by atoms with Gasteiger partial charge >= 0.3 is 0 Å². The van der Waals surface area contributed by atoms with Crippen LogP contribution in [-0.4, -0.2) is 39.0 Å². The van der Waals surface area contributed by atoms with Gasteiger partial charge in [0, 0.05) is 42.1 Å². The molecule has 0 bridgehead atoms. The minimum Gasteiger partial charge on any atom is -0.356 e. The number of rotatable bonds is 5. The molecule has 1 saturated carbocycles. The minimum atomic E-state index is 0.221. The van der Waals surface area contributed by atoms with E-state index in [1.54, 1.807) is 11.3 Å². The van der Waals surface area contributed by atoms with Crippen molar-refractivity contribution in [2.75, 3.05) is 13.1 Å². The Hall–Kier alpha value is -2.54. The van der Waals surface area contributed by atoms with Crippen LogP contribution in [-0.2, 0) is 11.2 Å². The molecule has 1 saturated heterocycles. The van der Waals surface area contributed by atoms with Crippen LogP contribution >= 0.6 is 11.3 Å². The van der Waals surface area contributed by atoms with Gasteiger partial charge in [-0.1, -0.05) is 11.2 Å². The standard InChI is InChI=1S/C22H24N4O2S/c1-14-11-19(28-25-14)18-13-23-22(16-4-5-16)24-21(18)15-6-8-26(9-7-15)20(27)12-17-3-2-10-29-17/h2-3,10-11,13,15-16H,4-9,12H2,1H3. The van der Waals surface area contributed by atoms with Crippen molar-refractivity contribution in [3.8, 4) is 11.3 Å². The molecule has 5 rings (SSSR count). The molecule has 0 spiro atoms. The molecule has 0 atom stereocenters. The van der Waals surface area contributed by atoms with Crippen molar-refractivity contribution in [3.63, 3.8) is 0 Å². The van der Waals surface area contributed by atoms with Gasteiger partial charge in [0.15, 0.2) is 5.76 Å². The Balaban J connectivity index is 1.34. The van der Waals surface area contributed by atoms with Crippen molar-refractivity contribution < 1.29 is 9.32 Å². The first-order valence-electron chi connectivity index (χ1n) is 10.3. The Morgan fingerprint density at radius 3 is 2.72 bits per heavy atom. The molecule has 0 radical (unpaired) electrons. The Morgan fingerprint density at radius 2 is 2.07 bits per heavy atom. The number of hydrogen-bond acceptors (Lipinski definition) is 6. The van der Waals surface area contributed by atoms with Crippen LogP contribution in [0.5, 0.6) is 0 Å². The third kappa shape index (κ3) is 3.96. The molecule has 0 aromatic carbocycles. The molecule has 6 nitrogen and oxygen atoms in total. The van der Waals surface area contributed by atoms with E-state index in [1.807, 2.05) is 41.6 Å². The second-order valence-electron chi connectivity index (χ2n) is 8.05. The molecule has 7 heteroatoms. The number of carbonyl (C=O) groups is 1. The molecule has 2 fully saturated rings. The van der Waals surface area contributed by atoms with E-state index < -0.39 is 0 Å². The zero-order valence-electron chi connectivity index (χ0n) is 16.5. The smallest absolute Gasteiger partial charge is 0.227 e. The highest BCUT2D eigenvalue weighted by Gasteiger charge is 2.31. The van der Waals surface area contributed by atoms with Gasteiger partial charge in [-0.15, -0.1) is 11.3 Å². The van der Waals surface area contributed by atoms with E-state index in [4.69, 9.17) is 9.51 Å². The third-order valence-electron chi connectivity index (χ3n) is 5.81. The monoisotopic (exact) mass is 408 g/mol. The lowest BCUT2D eigenvalue weighted by molar-refractivity contribution is -0.131. The summed E-state index contributed by atoms with van der Waals surface area (Å²) in [7, 11) is 0. The summed E-state index contributed by atoms with van der Waals surface area (Å²) in [6.45, 7) is 3.46. The van der Waals surface area contributed by atoms with Gasteiger partial charge in [0.2, 0.25) is 5.91 Å². The van der Waals surface area contributed by atoms with E-state index in [-0.39, 0.29) is 5.91 Å². The van der Waals surface area contributed by atoms with Crippen LogP contribution in [0.3, 0.4) is 0 Å². The Kier molecular flexibility index (Phi) is 4.91. The van der Waals surface area contributed by atoms with Crippen LogP contribution in [0.4, 0.5) is 0 Å². The largest absolute Gasteiger partial charge is 0.356 e. The highest BCUT2D eigenvalue weighted by atomic mass is 32.1. The Morgan fingerprint density at radius 1 is 1.24 bits per heavy atom. The number of likely N-dealkylation sites (tertiary alicyclic amines) is 1. The second kappa shape index (κ2) is 7.71. The van der Waals surface area contributed by atoms with Gasteiger partial charge in [-0.3, -0.25) is 4.79 Å². The summed E-state index contributed by atoms with van der Waals surface area (Å²) in [5.74, 6) is 2.72. The zero-order chi connectivity index (χ0) is 19.8. The molecule has 3 aromatic heterocycles. The summed E-state index contributed by atoms with van der Waals surface area (Å²) in [4.78, 5) is 25.3. The van der Waals surface area contributed by atoms with Crippen LogP contribution in [0.1, 0.15) is 59.6 Å². The second-order valence-corrected chi connectivity index (χ2v) is 9.08. The fraction of sp³-hybridized carbons (Fsp3) is 0.455. The molecule has 1 amide bonds. The fourth-order valence-electron chi connectivity index (χ4n) is 4.02. The van der Waals surface area contributed by atoms with Crippen molar-refractivity contribution in [3.05, 3.63) is 51.9 Å². The molecule has 0 N–H and O–H groups in total. The molecular weight excluding hydrogens is 384 g/mol. The first-order chi connectivity index (χ1) is 14.2. The first-order valence-corrected chi connectivity index (χ1v) is 11.2. The maximum Gasteiger partial charge on any atom is 0.227 e. The number of thiophene rings is 1. The zero-order valence-corrected chi connectivity index (χ0v) is 17.3. The lowest BCUT2D eigenvalue weighted by atomic mass is 9.90. The van der Waals surface area contributed by atoms with E-state index in [2.05, 4.69) is 10.1 Å². The van der Waals surface area contributed by atoms with Gasteiger partial charge in [-0.2, -0.15) is 0 Å². The van der Waals surface area contributed by atoms with Crippen LogP contribution in [0.2, 0.25) is 0 Å². The molecule has 2 aliphatic rings. The highest BCUT2D eigenvalue weighted by molar-refractivity contribution is 7.10. The fourth-order valence-corrected chi connectivity index (χ4v) is 4.71. The summed E-state index contributed by atoms with van der Waals surface area (Å²) in [5, 5.41) is 6.06. The molecule has 3 aromatic rings. The van der Waals surface area contributed by atoms with Crippen LogP contribution in [0.15, 0.2) is 34.3 Å². The maximum absolute atomic E-state index is 12.6. The first kappa shape index (κ1) is 18.5. The van der Waals surface area contributed by atoms with Gasteiger partial charge in [0.05, 0.1) is 23.4 Å². The van der Waals surface area contributed by atoms with Crippen LogP contribution in [0.25, 0.3) is 11.3 Å². The number of nitrogens with zero attached hydrogens (tertiary/aromatic N) is 4. The average molecular weight is 409 g/mol. The summed E-state index contributed by atoms with van der Waals surface area (Å²) in [5.41, 5.74) is 2.85. The number of aryl methyl sites for hydroxylation is 1. The van der Waals surface area contributed by atoms with E-state index in [9.17, 15) is 4.79 Å². The molecular formula is C22H24N4O2S. The minimum absolute atomic E-state index is 0.221. The van der Waals surface area contributed by atoms with Crippen molar-refractivity contribution >= 4 is 17.2 Å². The van der Waals surface area contributed by atoms with Gasteiger partial charge in [0.25, 0.3) is 0 Å². The van der Waals surface area contributed by atoms with Crippen molar-refractivity contribution in [1.29, 1.82) is 0 Å².